The van der Waals surface area contributed by atoms with Gasteiger partial charge in [0.15, 0.2) is 0 Å². The van der Waals surface area contributed by atoms with Crippen molar-refractivity contribution in [2.45, 2.75) is 26.8 Å². The average Bonchev–Trinajstić information content (AvgIpc) is 2.44. The topological polar surface area (TPSA) is 73.1 Å². The Hall–Kier alpha value is -1.98. The third-order valence-electron chi connectivity index (χ3n) is 3.48. The van der Waals surface area contributed by atoms with Crippen LogP contribution in [-0.4, -0.2) is 17.1 Å². The predicted octanol–water partition coefficient (Wildman–Crippen LogP) is 1.96. The number of hydrogen-bond acceptors (Lipinski definition) is 5. The first-order valence-corrected chi connectivity index (χ1v) is 6.48. The Kier molecular flexibility index (Phi) is 4.32. The summed E-state index contributed by atoms with van der Waals surface area (Å²) < 4.78 is 5.55. The molecular weight excluding hydrogens is 252 g/mol. The highest BCUT2D eigenvalue weighted by Crippen LogP contribution is 2.33. The van der Waals surface area contributed by atoms with Gasteiger partial charge in [0.1, 0.15) is 11.6 Å². The molecule has 0 saturated heterocycles. The normalized spacial score (nSPS) is 12.2. The summed E-state index contributed by atoms with van der Waals surface area (Å²) in [7, 11) is 1.67. The third kappa shape index (κ3) is 2.64. The van der Waals surface area contributed by atoms with Gasteiger partial charge in [-0.3, -0.25) is 5.84 Å². The monoisotopic (exact) mass is 272 g/mol. The summed E-state index contributed by atoms with van der Waals surface area (Å²) in [5, 5.41) is 0. The van der Waals surface area contributed by atoms with E-state index in [4.69, 9.17) is 10.6 Å². The van der Waals surface area contributed by atoms with Gasteiger partial charge in [0.25, 0.3) is 0 Å². The predicted molar refractivity (Wildman–Crippen MR) is 78.4 cm³/mol. The molecule has 0 radical (unpaired) electrons. The molecule has 3 N–H and O–H groups in total. The maximum Gasteiger partial charge on any atom is 0.127 e. The molecule has 0 fully saturated rings. The third-order valence-corrected chi connectivity index (χ3v) is 3.48. The largest absolute Gasteiger partial charge is 0.496 e. The number of ether oxygens (including phenoxy) is 1. The van der Waals surface area contributed by atoms with Crippen molar-refractivity contribution >= 4 is 0 Å². The second kappa shape index (κ2) is 5.98. The standard InChI is InChI=1S/C15H20N4O/c1-9-5-6-12(15(20-4)10(9)2)14(19-16)13-7-8-17-11(3)18-13/h5-8,14,19H,16H2,1-4H3. The SMILES string of the molecule is COc1c(C(NN)c2ccnc(C)n2)ccc(C)c1C. The van der Waals surface area contributed by atoms with Crippen molar-refractivity contribution in [3.8, 4) is 5.75 Å². The lowest BCUT2D eigenvalue weighted by molar-refractivity contribution is 0.400. The number of nitrogens with two attached hydrogens (primary N) is 1. The second-order valence-electron chi connectivity index (χ2n) is 4.76. The van der Waals surface area contributed by atoms with Crippen molar-refractivity contribution in [3.05, 3.63) is 52.6 Å². The van der Waals surface area contributed by atoms with E-state index in [1.807, 2.05) is 26.0 Å². The minimum atomic E-state index is -0.231. The summed E-state index contributed by atoms with van der Waals surface area (Å²) in [4.78, 5) is 8.55. The van der Waals surface area contributed by atoms with Crippen LogP contribution in [0.15, 0.2) is 24.4 Å². The maximum atomic E-state index is 5.73. The van der Waals surface area contributed by atoms with Crippen LogP contribution in [0.1, 0.15) is 34.3 Å². The van der Waals surface area contributed by atoms with Crippen molar-refractivity contribution in [2.24, 2.45) is 5.84 Å². The van der Waals surface area contributed by atoms with Crippen LogP contribution >= 0.6 is 0 Å². The first kappa shape index (κ1) is 14.4. The van der Waals surface area contributed by atoms with Gasteiger partial charge in [-0.2, -0.15) is 0 Å². The molecule has 0 aliphatic rings. The van der Waals surface area contributed by atoms with E-state index in [-0.39, 0.29) is 6.04 Å². The molecule has 0 bridgehead atoms. The van der Waals surface area contributed by atoms with Crippen LogP contribution in [0.5, 0.6) is 5.75 Å². The van der Waals surface area contributed by atoms with Crippen LogP contribution in [0.4, 0.5) is 0 Å². The number of methoxy groups -OCH3 is 1. The van der Waals surface area contributed by atoms with E-state index in [1.165, 1.54) is 5.56 Å². The smallest absolute Gasteiger partial charge is 0.127 e. The van der Waals surface area contributed by atoms with Crippen molar-refractivity contribution in [2.75, 3.05) is 7.11 Å². The summed E-state index contributed by atoms with van der Waals surface area (Å²) >= 11 is 0. The highest BCUT2D eigenvalue weighted by Gasteiger charge is 2.20. The summed E-state index contributed by atoms with van der Waals surface area (Å²) in [6.45, 7) is 5.95. The van der Waals surface area contributed by atoms with E-state index >= 15 is 0 Å². The van der Waals surface area contributed by atoms with Crippen LogP contribution in [0.2, 0.25) is 0 Å². The molecule has 2 aromatic rings. The number of nitrogens with zero attached hydrogens (tertiary/aromatic N) is 2. The first-order valence-electron chi connectivity index (χ1n) is 6.48. The molecule has 106 valence electrons. The van der Waals surface area contributed by atoms with Crippen molar-refractivity contribution in [1.29, 1.82) is 0 Å². The van der Waals surface area contributed by atoms with Crippen LogP contribution < -0.4 is 16.0 Å². The van der Waals surface area contributed by atoms with Gasteiger partial charge < -0.3 is 4.74 Å². The highest BCUT2D eigenvalue weighted by atomic mass is 16.5. The number of hydrogen-bond donors (Lipinski definition) is 2. The van der Waals surface area contributed by atoms with Crippen LogP contribution in [0.25, 0.3) is 0 Å². The maximum absolute atomic E-state index is 5.73. The zero-order chi connectivity index (χ0) is 14.7. The average molecular weight is 272 g/mol. The molecule has 1 heterocycles. The Morgan fingerprint density at radius 1 is 1.20 bits per heavy atom. The molecule has 0 saturated carbocycles. The van der Waals surface area contributed by atoms with Crippen molar-refractivity contribution in [1.82, 2.24) is 15.4 Å². The molecule has 5 nitrogen and oxygen atoms in total. The molecule has 1 aromatic carbocycles. The molecule has 0 amide bonds. The molecular formula is C15H20N4O. The number of aryl methyl sites for hydroxylation is 2. The fourth-order valence-corrected chi connectivity index (χ4v) is 2.28. The molecule has 1 unspecified atom stereocenters. The van der Waals surface area contributed by atoms with E-state index in [2.05, 4.69) is 28.4 Å². The Bertz CT molecular complexity index is 613. The van der Waals surface area contributed by atoms with Crippen LogP contribution in [0, 0.1) is 20.8 Å². The van der Waals surface area contributed by atoms with Gasteiger partial charge in [0.05, 0.1) is 18.8 Å². The van der Waals surface area contributed by atoms with E-state index in [1.54, 1.807) is 13.3 Å². The summed E-state index contributed by atoms with van der Waals surface area (Å²) in [6.07, 6.45) is 1.73. The van der Waals surface area contributed by atoms with E-state index in [0.717, 1.165) is 22.6 Å². The van der Waals surface area contributed by atoms with Crippen LogP contribution in [-0.2, 0) is 0 Å². The van der Waals surface area contributed by atoms with Gasteiger partial charge in [-0.15, -0.1) is 0 Å². The van der Waals surface area contributed by atoms with Gasteiger partial charge in [0, 0.05) is 11.8 Å². The number of aromatic nitrogens is 2. The lowest BCUT2D eigenvalue weighted by atomic mass is 9.97. The van der Waals surface area contributed by atoms with Gasteiger partial charge in [-0.25, -0.2) is 15.4 Å². The van der Waals surface area contributed by atoms with Crippen molar-refractivity contribution < 1.29 is 4.74 Å². The first-order chi connectivity index (χ1) is 9.58. The molecule has 1 atom stereocenters. The Labute approximate surface area is 119 Å². The minimum absolute atomic E-state index is 0.231. The van der Waals surface area contributed by atoms with E-state index in [0.29, 0.717) is 5.82 Å². The highest BCUT2D eigenvalue weighted by molar-refractivity contribution is 5.48. The van der Waals surface area contributed by atoms with Gasteiger partial charge in [-0.05, 0) is 38.0 Å². The summed E-state index contributed by atoms with van der Waals surface area (Å²) in [5.41, 5.74) is 6.89. The molecule has 1 aromatic heterocycles. The molecule has 0 aliphatic carbocycles. The molecule has 2 rings (SSSR count). The molecule has 0 spiro atoms. The second-order valence-corrected chi connectivity index (χ2v) is 4.76. The van der Waals surface area contributed by atoms with Gasteiger partial charge in [-0.1, -0.05) is 12.1 Å². The zero-order valence-electron chi connectivity index (χ0n) is 12.3. The van der Waals surface area contributed by atoms with Gasteiger partial charge in [0.2, 0.25) is 0 Å². The fourth-order valence-electron chi connectivity index (χ4n) is 2.28. The molecule has 20 heavy (non-hydrogen) atoms. The van der Waals surface area contributed by atoms with Crippen molar-refractivity contribution in [3.63, 3.8) is 0 Å². The Balaban J connectivity index is 2.55. The van der Waals surface area contributed by atoms with E-state index < -0.39 is 0 Å². The van der Waals surface area contributed by atoms with Crippen LogP contribution in [0.3, 0.4) is 0 Å². The number of rotatable bonds is 4. The fraction of sp³-hybridized carbons (Fsp3) is 0.333. The van der Waals surface area contributed by atoms with E-state index in [9.17, 15) is 0 Å². The minimum Gasteiger partial charge on any atom is -0.496 e. The lowest BCUT2D eigenvalue weighted by Gasteiger charge is -2.21. The number of benzene rings is 1. The summed E-state index contributed by atoms with van der Waals surface area (Å²) in [6, 6.07) is 5.70. The Morgan fingerprint density at radius 3 is 2.55 bits per heavy atom. The zero-order valence-corrected chi connectivity index (χ0v) is 12.3. The number of hydrazine groups is 1. The number of nitrogens with one attached hydrogen (secondary N) is 1. The molecule has 5 heteroatoms. The van der Waals surface area contributed by atoms with Gasteiger partial charge >= 0.3 is 0 Å². The quantitative estimate of drug-likeness (QED) is 0.657. The lowest BCUT2D eigenvalue weighted by Crippen LogP contribution is -2.30. The molecule has 0 aliphatic heterocycles. The Morgan fingerprint density at radius 2 is 1.95 bits per heavy atom. The summed E-state index contributed by atoms with van der Waals surface area (Å²) in [5.74, 6) is 7.28.